The summed E-state index contributed by atoms with van der Waals surface area (Å²) < 4.78 is 25.8. The van der Waals surface area contributed by atoms with E-state index < -0.39 is 10.0 Å². The van der Waals surface area contributed by atoms with Gasteiger partial charge in [0.2, 0.25) is 10.0 Å². The van der Waals surface area contributed by atoms with Crippen molar-refractivity contribution in [2.24, 2.45) is 0 Å². The van der Waals surface area contributed by atoms with E-state index in [1.54, 1.807) is 6.92 Å². The van der Waals surface area contributed by atoms with Crippen LogP contribution in [-0.2, 0) is 10.0 Å². The van der Waals surface area contributed by atoms with E-state index in [1.165, 1.54) is 18.2 Å². The van der Waals surface area contributed by atoms with Crippen LogP contribution < -0.4 is 4.72 Å². The highest BCUT2D eigenvalue weighted by atomic mass is 35.5. The molecule has 0 unspecified atom stereocenters. The molecule has 0 aliphatic rings. The van der Waals surface area contributed by atoms with Crippen molar-refractivity contribution in [1.29, 1.82) is 5.26 Å². The van der Waals surface area contributed by atoms with E-state index >= 15 is 0 Å². The molecule has 1 aromatic rings. The Kier molecular flexibility index (Phi) is 4.53. The van der Waals surface area contributed by atoms with E-state index in [0.29, 0.717) is 5.56 Å². The van der Waals surface area contributed by atoms with Gasteiger partial charge in [0.05, 0.1) is 23.2 Å². The fourth-order valence-electron chi connectivity index (χ4n) is 1.09. The predicted molar refractivity (Wildman–Crippen MR) is 64.8 cm³/mol. The van der Waals surface area contributed by atoms with E-state index in [0.717, 1.165) is 0 Å². The summed E-state index contributed by atoms with van der Waals surface area (Å²) >= 11 is 5.80. The van der Waals surface area contributed by atoms with Gasteiger partial charge in [-0.1, -0.05) is 17.5 Å². The second-order valence-corrected chi connectivity index (χ2v) is 5.15. The second-order valence-electron chi connectivity index (χ2n) is 3.01. The minimum absolute atomic E-state index is 0.0148. The summed E-state index contributed by atoms with van der Waals surface area (Å²) in [6.45, 7) is 1.64. The average molecular weight is 269 g/mol. The van der Waals surface area contributed by atoms with Gasteiger partial charge in [-0.25, -0.2) is 8.42 Å². The average Bonchev–Trinajstić information content (AvgIpc) is 2.28. The molecule has 0 aliphatic carbocycles. The topological polar surface area (TPSA) is 70.0 Å². The van der Waals surface area contributed by atoms with Crippen molar-refractivity contribution in [3.05, 3.63) is 28.8 Å². The zero-order valence-corrected chi connectivity index (χ0v) is 10.6. The van der Waals surface area contributed by atoms with Crippen molar-refractivity contribution in [3.8, 4) is 17.9 Å². The number of nitrogens with one attached hydrogen (secondary N) is 1. The Balaban J connectivity index is 3.07. The van der Waals surface area contributed by atoms with Crippen LogP contribution in [0, 0.1) is 23.2 Å². The molecule has 0 amide bonds. The van der Waals surface area contributed by atoms with E-state index in [1.807, 2.05) is 6.07 Å². The Labute approximate surface area is 105 Å². The molecule has 88 valence electrons. The smallest absolute Gasteiger partial charge is 0.207 e. The van der Waals surface area contributed by atoms with Crippen LogP contribution >= 0.6 is 11.6 Å². The van der Waals surface area contributed by atoms with Crippen LogP contribution in [0.4, 0.5) is 0 Å². The molecule has 1 aromatic carbocycles. The molecular formula is C11H9ClN2O2S. The number of benzene rings is 1. The van der Waals surface area contributed by atoms with Crippen LogP contribution in [0.15, 0.2) is 23.1 Å². The van der Waals surface area contributed by atoms with Gasteiger partial charge in [-0.3, -0.25) is 0 Å². The van der Waals surface area contributed by atoms with Crippen LogP contribution in [0.3, 0.4) is 0 Å². The van der Waals surface area contributed by atoms with Gasteiger partial charge < -0.3 is 0 Å². The summed E-state index contributed by atoms with van der Waals surface area (Å²) in [5.74, 6) is 5.15. The maximum atomic E-state index is 11.8. The molecule has 0 fully saturated rings. The third-order valence-corrected chi connectivity index (χ3v) is 3.76. The Bertz CT molecular complexity index is 621. The van der Waals surface area contributed by atoms with E-state index in [9.17, 15) is 8.42 Å². The van der Waals surface area contributed by atoms with Crippen LogP contribution in [0.25, 0.3) is 0 Å². The number of sulfonamides is 1. The first-order valence-corrected chi connectivity index (χ1v) is 6.46. The number of nitrogens with zero attached hydrogens (tertiary/aromatic N) is 1. The molecule has 0 saturated carbocycles. The highest BCUT2D eigenvalue weighted by Crippen LogP contribution is 2.22. The zero-order valence-electron chi connectivity index (χ0n) is 8.99. The number of nitriles is 1. The molecule has 0 aliphatic heterocycles. The van der Waals surface area contributed by atoms with Gasteiger partial charge >= 0.3 is 0 Å². The fourth-order valence-corrected chi connectivity index (χ4v) is 2.55. The first-order valence-electron chi connectivity index (χ1n) is 4.60. The summed E-state index contributed by atoms with van der Waals surface area (Å²) in [5.41, 5.74) is 0.308. The van der Waals surface area contributed by atoms with Crippen molar-refractivity contribution in [3.63, 3.8) is 0 Å². The van der Waals surface area contributed by atoms with Crippen molar-refractivity contribution in [1.82, 2.24) is 4.72 Å². The fraction of sp³-hybridized carbons (Fsp3) is 0.182. The molecule has 0 heterocycles. The molecule has 4 nitrogen and oxygen atoms in total. The lowest BCUT2D eigenvalue weighted by Crippen LogP contribution is -2.24. The highest BCUT2D eigenvalue weighted by molar-refractivity contribution is 7.89. The molecule has 0 bridgehead atoms. The molecule has 0 radical (unpaired) electrons. The van der Waals surface area contributed by atoms with Crippen LogP contribution in [0.5, 0.6) is 0 Å². The standard InChI is InChI=1S/C11H9ClN2O2S/c1-2-3-6-14-17(15,16)11-5-4-9(8-13)7-10(11)12/h4-5,7,14H,6H2,1H3. The second kappa shape index (κ2) is 5.70. The van der Waals surface area contributed by atoms with Crippen molar-refractivity contribution >= 4 is 21.6 Å². The lowest BCUT2D eigenvalue weighted by molar-refractivity contribution is 0.586. The molecule has 1 rings (SSSR count). The Hall–Kier alpha value is -1.53. The molecule has 1 N–H and O–H groups in total. The summed E-state index contributed by atoms with van der Waals surface area (Å²) in [6, 6.07) is 5.87. The van der Waals surface area contributed by atoms with Gasteiger partial charge in [0, 0.05) is 0 Å². The van der Waals surface area contributed by atoms with Gasteiger partial charge in [0.1, 0.15) is 4.90 Å². The van der Waals surface area contributed by atoms with Gasteiger partial charge in [0.25, 0.3) is 0 Å². The third-order valence-electron chi connectivity index (χ3n) is 1.88. The first-order chi connectivity index (χ1) is 8.01. The minimum Gasteiger partial charge on any atom is -0.207 e. The van der Waals surface area contributed by atoms with Crippen molar-refractivity contribution in [2.45, 2.75) is 11.8 Å². The molecule has 0 saturated heterocycles. The molecule has 0 spiro atoms. The summed E-state index contributed by atoms with van der Waals surface area (Å²) in [6.07, 6.45) is 0. The van der Waals surface area contributed by atoms with Crippen LogP contribution in [-0.4, -0.2) is 15.0 Å². The maximum Gasteiger partial charge on any atom is 0.242 e. The van der Waals surface area contributed by atoms with Crippen LogP contribution in [0.2, 0.25) is 5.02 Å². The number of rotatable bonds is 3. The molecular weight excluding hydrogens is 260 g/mol. The first kappa shape index (κ1) is 13.5. The SMILES string of the molecule is CC#CCNS(=O)(=O)c1ccc(C#N)cc1Cl. The largest absolute Gasteiger partial charge is 0.242 e. The van der Waals surface area contributed by atoms with E-state index in [2.05, 4.69) is 16.6 Å². The van der Waals surface area contributed by atoms with Gasteiger partial charge in [-0.05, 0) is 25.1 Å². The van der Waals surface area contributed by atoms with Crippen molar-refractivity contribution in [2.75, 3.05) is 6.54 Å². The van der Waals surface area contributed by atoms with Gasteiger partial charge in [-0.15, -0.1) is 5.92 Å². The van der Waals surface area contributed by atoms with Crippen LogP contribution in [0.1, 0.15) is 12.5 Å². The summed E-state index contributed by atoms with van der Waals surface area (Å²) in [4.78, 5) is -0.0592. The summed E-state index contributed by atoms with van der Waals surface area (Å²) in [5, 5.41) is 8.65. The zero-order chi connectivity index (χ0) is 12.9. The monoisotopic (exact) mass is 268 g/mol. The number of hydrogen-bond acceptors (Lipinski definition) is 3. The summed E-state index contributed by atoms with van der Waals surface area (Å²) in [7, 11) is -3.68. The predicted octanol–water partition coefficient (Wildman–Crippen LogP) is 1.51. The number of halogens is 1. The Morgan fingerprint density at radius 2 is 2.18 bits per heavy atom. The van der Waals surface area contributed by atoms with E-state index in [-0.39, 0.29) is 16.5 Å². The molecule has 0 atom stereocenters. The highest BCUT2D eigenvalue weighted by Gasteiger charge is 2.17. The Morgan fingerprint density at radius 3 is 2.71 bits per heavy atom. The normalized spacial score (nSPS) is 10.2. The minimum atomic E-state index is -3.68. The molecule has 6 heteroatoms. The van der Waals surface area contributed by atoms with Crippen molar-refractivity contribution < 1.29 is 8.42 Å². The quantitative estimate of drug-likeness (QED) is 0.845. The van der Waals surface area contributed by atoms with Gasteiger partial charge in [-0.2, -0.15) is 9.98 Å². The number of hydrogen-bond donors (Lipinski definition) is 1. The van der Waals surface area contributed by atoms with E-state index in [4.69, 9.17) is 16.9 Å². The molecule has 0 aromatic heterocycles. The maximum absolute atomic E-state index is 11.8. The third kappa shape index (κ3) is 3.47. The lowest BCUT2D eigenvalue weighted by atomic mass is 10.2. The lowest BCUT2D eigenvalue weighted by Gasteiger charge is -2.05. The van der Waals surface area contributed by atoms with Gasteiger partial charge in [0.15, 0.2) is 0 Å². The molecule has 17 heavy (non-hydrogen) atoms. The Morgan fingerprint density at radius 1 is 1.47 bits per heavy atom.